The monoisotopic (exact) mass is 247 g/mol. The third-order valence-electron chi connectivity index (χ3n) is 3.36. The van der Waals surface area contributed by atoms with E-state index in [1.54, 1.807) is 0 Å². The first kappa shape index (κ1) is 13.1. The van der Waals surface area contributed by atoms with Gasteiger partial charge in [0.1, 0.15) is 0 Å². The van der Waals surface area contributed by atoms with Gasteiger partial charge in [0, 0.05) is 25.7 Å². The molecule has 2 rings (SSSR count). The zero-order chi connectivity index (χ0) is 12.8. The van der Waals surface area contributed by atoms with Gasteiger partial charge in [-0.05, 0) is 12.1 Å². The van der Waals surface area contributed by atoms with E-state index in [1.165, 1.54) is 0 Å². The smallest absolute Gasteiger partial charge is 0.234 e. The summed E-state index contributed by atoms with van der Waals surface area (Å²) in [5.41, 5.74) is 1.14. The Labute approximate surface area is 108 Å². The van der Waals surface area contributed by atoms with E-state index < -0.39 is 0 Å². The van der Waals surface area contributed by atoms with Gasteiger partial charge >= 0.3 is 0 Å². The summed E-state index contributed by atoms with van der Waals surface area (Å²) in [6.45, 7) is 6.13. The van der Waals surface area contributed by atoms with Gasteiger partial charge in [0.05, 0.1) is 6.54 Å². The zero-order valence-corrected chi connectivity index (χ0v) is 10.9. The number of likely N-dealkylation sites (N-methyl/N-ethyl adjacent to an activating group) is 1. The molecule has 18 heavy (non-hydrogen) atoms. The molecule has 0 aromatic heterocycles. The summed E-state index contributed by atoms with van der Waals surface area (Å²) in [5, 5.41) is 6.20. The highest BCUT2D eigenvalue weighted by Gasteiger charge is 2.24. The molecule has 1 fully saturated rings. The molecular weight excluding hydrogens is 226 g/mol. The Hall–Kier alpha value is -1.39. The van der Waals surface area contributed by atoms with Gasteiger partial charge in [-0.2, -0.15) is 0 Å². The number of rotatable bonds is 6. The lowest BCUT2D eigenvalue weighted by molar-refractivity contribution is -0.123. The maximum absolute atomic E-state index is 11.9. The van der Waals surface area contributed by atoms with E-state index in [9.17, 15) is 4.79 Å². The van der Waals surface area contributed by atoms with E-state index in [0.29, 0.717) is 19.1 Å². The van der Waals surface area contributed by atoms with Crippen molar-refractivity contribution in [1.29, 1.82) is 0 Å². The normalized spacial score (nSPS) is 15.4. The molecule has 1 aromatic rings. The second-order valence-electron chi connectivity index (χ2n) is 4.64. The first-order valence-electron chi connectivity index (χ1n) is 6.55. The average molecular weight is 247 g/mol. The Morgan fingerprint density at radius 1 is 1.39 bits per heavy atom. The molecule has 1 saturated heterocycles. The van der Waals surface area contributed by atoms with Crippen LogP contribution in [0.15, 0.2) is 30.3 Å². The lowest BCUT2D eigenvalue weighted by Gasteiger charge is -2.37. The highest BCUT2D eigenvalue weighted by atomic mass is 16.2. The summed E-state index contributed by atoms with van der Waals surface area (Å²) >= 11 is 0. The van der Waals surface area contributed by atoms with Crippen molar-refractivity contribution >= 4 is 5.91 Å². The maximum atomic E-state index is 11.9. The molecule has 4 nitrogen and oxygen atoms in total. The van der Waals surface area contributed by atoms with Crippen LogP contribution >= 0.6 is 0 Å². The van der Waals surface area contributed by atoms with Crippen molar-refractivity contribution < 1.29 is 4.79 Å². The standard InChI is InChI=1S/C14H21N3O/c1-2-17(13-9-15-10-13)11-14(18)16-8-12-6-4-3-5-7-12/h3-7,13,15H,2,8-11H2,1H3,(H,16,18). The average Bonchev–Trinajstić information content (AvgIpc) is 2.34. The number of amides is 1. The molecule has 1 aliphatic heterocycles. The Bertz CT molecular complexity index is 376. The van der Waals surface area contributed by atoms with Gasteiger partial charge in [0.25, 0.3) is 0 Å². The third kappa shape index (κ3) is 3.55. The van der Waals surface area contributed by atoms with Crippen LogP contribution < -0.4 is 10.6 Å². The number of hydrogen-bond donors (Lipinski definition) is 2. The molecule has 0 radical (unpaired) electrons. The number of nitrogens with zero attached hydrogens (tertiary/aromatic N) is 1. The lowest BCUT2D eigenvalue weighted by atomic mass is 10.1. The summed E-state index contributed by atoms with van der Waals surface area (Å²) < 4.78 is 0. The topological polar surface area (TPSA) is 44.4 Å². The summed E-state index contributed by atoms with van der Waals surface area (Å²) in [6, 6.07) is 10.5. The van der Waals surface area contributed by atoms with Gasteiger partial charge < -0.3 is 10.6 Å². The van der Waals surface area contributed by atoms with Crippen LogP contribution in [0, 0.1) is 0 Å². The number of benzene rings is 1. The molecule has 1 aromatic carbocycles. The minimum absolute atomic E-state index is 0.104. The fourth-order valence-corrected chi connectivity index (χ4v) is 2.07. The van der Waals surface area contributed by atoms with Gasteiger partial charge in [-0.25, -0.2) is 0 Å². The molecule has 0 spiro atoms. The highest BCUT2D eigenvalue weighted by molar-refractivity contribution is 5.78. The van der Waals surface area contributed by atoms with E-state index >= 15 is 0 Å². The van der Waals surface area contributed by atoms with E-state index in [-0.39, 0.29) is 5.91 Å². The summed E-state index contributed by atoms with van der Waals surface area (Å²) in [5.74, 6) is 0.104. The van der Waals surface area contributed by atoms with E-state index in [1.807, 2.05) is 30.3 Å². The fourth-order valence-electron chi connectivity index (χ4n) is 2.07. The quantitative estimate of drug-likeness (QED) is 0.773. The Kier molecular flexibility index (Phi) is 4.73. The minimum atomic E-state index is 0.104. The van der Waals surface area contributed by atoms with Crippen LogP contribution in [0.2, 0.25) is 0 Å². The Morgan fingerprint density at radius 2 is 2.11 bits per heavy atom. The second kappa shape index (κ2) is 6.52. The van der Waals surface area contributed by atoms with Crippen LogP contribution in [0.4, 0.5) is 0 Å². The van der Waals surface area contributed by atoms with Crippen LogP contribution in [0.3, 0.4) is 0 Å². The molecule has 0 atom stereocenters. The van der Waals surface area contributed by atoms with E-state index in [2.05, 4.69) is 22.5 Å². The summed E-state index contributed by atoms with van der Waals surface area (Å²) in [7, 11) is 0. The van der Waals surface area contributed by atoms with Crippen LogP contribution in [-0.4, -0.2) is 43.0 Å². The molecular formula is C14H21N3O. The van der Waals surface area contributed by atoms with Crippen molar-refractivity contribution in [1.82, 2.24) is 15.5 Å². The molecule has 1 heterocycles. The maximum Gasteiger partial charge on any atom is 0.234 e. The van der Waals surface area contributed by atoms with Crippen LogP contribution in [-0.2, 0) is 11.3 Å². The minimum Gasteiger partial charge on any atom is -0.351 e. The van der Waals surface area contributed by atoms with Crippen molar-refractivity contribution in [2.75, 3.05) is 26.2 Å². The number of carbonyl (C=O) groups excluding carboxylic acids is 1. The predicted octanol–water partition coefficient (Wildman–Crippen LogP) is 0.596. The van der Waals surface area contributed by atoms with E-state index in [0.717, 1.165) is 25.2 Å². The van der Waals surface area contributed by atoms with Gasteiger partial charge in [-0.15, -0.1) is 0 Å². The van der Waals surface area contributed by atoms with Crippen molar-refractivity contribution in [3.05, 3.63) is 35.9 Å². The molecule has 0 unspecified atom stereocenters. The first-order valence-corrected chi connectivity index (χ1v) is 6.55. The first-order chi connectivity index (χ1) is 8.79. The molecule has 2 N–H and O–H groups in total. The van der Waals surface area contributed by atoms with Gasteiger partial charge in [-0.1, -0.05) is 37.3 Å². The molecule has 0 saturated carbocycles. The highest BCUT2D eigenvalue weighted by Crippen LogP contribution is 2.04. The van der Waals surface area contributed by atoms with Crippen molar-refractivity contribution in [2.24, 2.45) is 0 Å². The molecule has 1 aliphatic rings. The van der Waals surface area contributed by atoms with Crippen LogP contribution in [0.25, 0.3) is 0 Å². The Morgan fingerprint density at radius 3 is 2.67 bits per heavy atom. The predicted molar refractivity (Wildman–Crippen MR) is 72.2 cm³/mol. The van der Waals surface area contributed by atoms with E-state index in [4.69, 9.17) is 0 Å². The van der Waals surface area contributed by atoms with Crippen LogP contribution in [0.5, 0.6) is 0 Å². The number of nitrogens with one attached hydrogen (secondary N) is 2. The SMILES string of the molecule is CCN(CC(=O)NCc1ccccc1)C1CNC1. The molecule has 4 heteroatoms. The molecule has 0 bridgehead atoms. The lowest BCUT2D eigenvalue weighted by Crippen LogP contribution is -2.58. The van der Waals surface area contributed by atoms with Crippen LogP contribution in [0.1, 0.15) is 12.5 Å². The molecule has 1 amide bonds. The fraction of sp³-hybridized carbons (Fsp3) is 0.500. The van der Waals surface area contributed by atoms with Gasteiger partial charge in [0.15, 0.2) is 0 Å². The largest absolute Gasteiger partial charge is 0.351 e. The van der Waals surface area contributed by atoms with Gasteiger partial charge in [-0.3, -0.25) is 9.69 Å². The van der Waals surface area contributed by atoms with Crippen molar-refractivity contribution in [3.63, 3.8) is 0 Å². The zero-order valence-electron chi connectivity index (χ0n) is 10.9. The second-order valence-corrected chi connectivity index (χ2v) is 4.64. The Balaban J connectivity index is 1.74. The number of carbonyl (C=O) groups is 1. The summed E-state index contributed by atoms with van der Waals surface area (Å²) in [4.78, 5) is 14.1. The van der Waals surface area contributed by atoms with Gasteiger partial charge in [0.2, 0.25) is 5.91 Å². The number of hydrogen-bond acceptors (Lipinski definition) is 3. The van der Waals surface area contributed by atoms with Crippen molar-refractivity contribution in [3.8, 4) is 0 Å². The van der Waals surface area contributed by atoms with Crippen molar-refractivity contribution in [2.45, 2.75) is 19.5 Å². The molecule has 98 valence electrons. The summed E-state index contributed by atoms with van der Waals surface area (Å²) in [6.07, 6.45) is 0. The molecule has 0 aliphatic carbocycles. The third-order valence-corrected chi connectivity index (χ3v) is 3.36.